The number of ether oxygens (including phenoxy) is 1. The van der Waals surface area contributed by atoms with Crippen LogP contribution in [0.1, 0.15) is 97.8 Å². The van der Waals surface area contributed by atoms with Crippen LogP contribution in [0.15, 0.2) is 176 Å². The second-order valence-corrected chi connectivity index (χ2v) is 20.3. The van der Waals surface area contributed by atoms with Crippen LogP contribution in [0.25, 0.3) is 66.8 Å². The summed E-state index contributed by atoms with van der Waals surface area (Å²) in [5.74, 6) is 5.57. The maximum atomic E-state index is 12.5. The molecule has 14 nitrogen and oxygen atoms in total. The normalized spacial score (nSPS) is 13.5. The highest BCUT2D eigenvalue weighted by Gasteiger charge is 2.41. The summed E-state index contributed by atoms with van der Waals surface area (Å²) in [5.41, 5.74) is 22.1. The van der Waals surface area contributed by atoms with Gasteiger partial charge < -0.3 is 26.3 Å². The van der Waals surface area contributed by atoms with Crippen molar-refractivity contribution < 1.29 is 19.4 Å². The van der Waals surface area contributed by atoms with Crippen molar-refractivity contribution in [3.05, 3.63) is 198 Å². The second-order valence-electron chi connectivity index (χ2n) is 20.3. The van der Waals surface area contributed by atoms with Crippen LogP contribution in [0.5, 0.6) is 0 Å². The number of hydrogen-bond donors (Lipinski definition) is 7. The summed E-state index contributed by atoms with van der Waals surface area (Å²) < 4.78 is 7.19. The molecule has 11 rings (SSSR count). The third-order valence-corrected chi connectivity index (χ3v) is 13.8. The number of benzene rings is 5. The quantitative estimate of drug-likeness (QED) is 0.0313. The number of nitrogens with one attached hydrogen (secondary N) is 4. The van der Waals surface area contributed by atoms with Crippen LogP contribution in [-0.4, -0.2) is 48.1 Å². The lowest BCUT2D eigenvalue weighted by Gasteiger charge is -2.43. The summed E-state index contributed by atoms with van der Waals surface area (Å²) in [4.78, 5) is 36.2. The van der Waals surface area contributed by atoms with Crippen molar-refractivity contribution in [2.24, 2.45) is 11.6 Å². The maximum absolute atomic E-state index is 12.5. The van der Waals surface area contributed by atoms with Crippen LogP contribution in [0.4, 0.5) is 10.6 Å². The van der Waals surface area contributed by atoms with E-state index in [9.17, 15) is 4.79 Å². The Morgan fingerprint density at radius 3 is 1.59 bits per heavy atom. The molecule has 1 amide bonds. The molecule has 0 unspecified atom stereocenters. The first kappa shape index (κ1) is 59.7. The van der Waals surface area contributed by atoms with Gasteiger partial charge in [-0.2, -0.15) is 0 Å². The number of rotatable bonds is 9. The molecule has 9 N–H and O–H groups in total. The predicted molar refractivity (Wildman–Crippen MR) is 322 cm³/mol. The Morgan fingerprint density at radius 2 is 1.11 bits per heavy atom. The van der Waals surface area contributed by atoms with E-state index in [0.29, 0.717) is 5.82 Å². The number of aromatic nitrogens is 4. The van der Waals surface area contributed by atoms with Crippen molar-refractivity contribution in [2.45, 2.75) is 97.8 Å². The van der Waals surface area contributed by atoms with Gasteiger partial charge in [0.25, 0.3) is 5.97 Å². The lowest BCUT2D eigenvalue weighted by molar-refractivity contribution is -0.134. The molecule has 15 heteroatoms. The van der Waals surface area contributed by atoms with Crippen molar-refractivity contribution in [1.29, 1.82) is 10.8 Å². The SMILES string of the molecule is C.C.CC(=O)O.CC(C)(C)OC(=O)NC1(c2ccc(-c3nc4ccc(NN)nc4cc3-c3ccccc3)cc2)CCC1.Cl.N=C(c1ccccc1)n1c(=N)ccc2nc(-c3ccc(C4(N)CCC4)cc3)c(-c3ccccc3)cc21. The number of anilines is 1. The van der Waals surface area contributed by atoms with Gasteiger partial charge in [0.05, 0.1) is 39.0 Å². The Labute approximate surface area is 468 Å². The Bertz CT molecular complexity index is 3610. The molecule has 0 radical (unpaired) electrons. The van der Waals surface area contributed by atoms with E-state index in [1.54, 1.807) is 10.6 Å². The molecule has 9 aromatic rings. The highest BCUT2D eigenvalue weighted by Crippen LogP contribution is 2.43. The minimum Gasteiger partial charge on any atom is -0.481 e. The molecule has 2 fully saturated rings. The van der Waals surface area contributed by atoms with Crippen molar-refractivity contribution >= 4 is 58.2 Å². The monoisotopic (exact) mass is 1080 g/mol. The number of hydrogen-bond acceptors (Lipinski definition) is 11. The number of fused-ring (bicyclic) bond motifs is 2. The molecule has 4 heterocycles. The van der Waals surface area contributed by atoms with Gasteiger partial charge in [-0.15, -0.1) is 12.4 Å². The van der Waals surface area contributed by atoms with Crippen molar-refractivity contribution in [3.8, 4) is 44.8 Å². The molecule has 408 valence electrons. The van der Waals surface area contributed by atoms with Crippen LogP contribution in [0, 0.1) is 10.8 Å². The lowest BCUT2D eigenvalue weighted by atomic mass is 9.71. The number of alkyl carbamates (subject to hydrolysis) is 1. The molecule has 0 atom stereocenters. The zero-order valence-electron chi connectivity index (χ0n) is 43.5. The van der Waals surface area contributed by atoms with Gasteiger partial charge in [-0.05, 0) is 118 Å². The predicted octanol–water partition coefficient (Wildman–Crippen LogP) is 14.0. The number of hydrazine groups is 1. The number of nitrogens with two attached hydrogens (primary N) is 2. The Hall–Kier alpha value is -8.56. The van der Waals surface area contributed by atoms with Gasteiger partial charge in [-0.25, -0.2) is 25.6 Å². The van der Waals surface area contributed by atoms with Crippen LogP contribution in [0.2, 0.25) is 0 Å². The number of carbonyl (C=O) groups excluding carboxylic acids is 1. The van der Waals surface area contributed by atoms with E-state index >= 15 is 0 Å². The largest absolute Gasteiger partial charge is 0.481 e. The van der Waals surface area contributed by atoms with Gasteiger partial charge in [-0.3, -0.25) is 20.2 Å². The minimum absolute atomic E-state index is 0. The maximum Gasteiger partial charge on any atom is 0.408 e. The number of carboxylic acid groups (broad SMARTS) is 1. The molecule has 0 bridgehead atoms. The molecule has 0 aliphatic heterocycles. The first-order chi connectivity index (χ1) is 36.5. The molecule has 79 heavy (non-hydrogen) atoms. The number of aliphatic carboxylic acids is 1. The molecule has 0 spiro atoms. The Kier molecular flexibility index (Phi) is 19.1. The third-order valence-electron chi connectivity index (χ3n) is 13.8. The molecular weight excluding hydrogens is 1010 g/mol. The average Bonchev–Trinajstić information content (AvgIpc) is 3.41. The molecule has 0 saturated heterocycles. The van der Waals surface area contributed by atoms with Gasteiger partial charge in [0.1, 0.15) is 22.7 Å². The fourth-order valence-corrected chi connectivity index (χ4v) is 9.67. The van der Waals surface area contributed by atoms with E-state index in [2.05, 4.69) is 101 Å². The summed E-state index contributed by atoms with van der Waals surface area (Å²) in [6, 6.07) is 58.1. The fourth-order valence-electron chi connectivity index (χ4n) is 9.67. The van der Waals surface area contributed by atoms with Crippen LogP contribution in [0.3, 0.4) is 0 Å². The Balaban J connectivity index is 0.000000231. The molecular formula is C64H71ClN10O4. The number of pyridine rings is 4. The number of amides is 1. The van der Waals surface area contributed by atoms with Gasteiger partial charge in [0.15, 0.2) is 0 Å². The minimum atomic E-state index is -0.833. The van der Waals surface area contributed by atoms with Gasteiger partial charge >= 0.3 is 6.09 Å². The summed E-state index contributed by atoms with van der Waals surface area (Å²) in [7, 11) is 0. The molecule has 5 aromatic carbocycles. The average molecular weight is 1080 g/mol. The highest BCUT2D eigenvalue weighted by atomic mass is 35.5. The number of nitrogens with zero attached hydrogens (tertiary/aromatic N) is 4. The zero-order chi connectivity index (χ0) is 53.6. The number of halogens is 1. The van der Waals surface area contributed by atoms with Crippen molar-refractivity contribution in [1.82, 2.24) is 24.8 Å². The van der Waals surface area contributed by atoms with Gasteiger partial charge in [0.2, 0.25) is 0 Å². The number of nitrogen functional groups attached to an aromatic ring is 1. The summed E-state index contributed by atoms with van der Waals surface area (Å²) in [5, 5.41) is 28.1. The smallest absolute Gasteiger partial charge is 0.408 e. The first-order valence-corrected chi connectivity index (χ1v) is 25.4. The van der Waals surface area contributed by atoms with E-state index in [-0.39, 0.29) is 50.2 Å². The standard InChI is InChI=1S/C31H27N5.C29H31N5O2.C2H4O2.2CH4.ClH/c32-28-17-16-26-27(36(28)30(33)23-10-5-2-6-11-23)20-25(21-8-3-1-4-9-21)29(35-26)22-12-14-24(15-13-22)31(34)18-7-19-31;1-28(2,3)36-27(35)33-29(16-7-17-29)21-12-10-20(11-13-21)26-22(19-8-5-4-6-9-19)18-24-23(32-26)14-15-25(31-24)34-30;1-2(3)4;;;/h1-6,8-17,20,32-33H,7,18-19,34H2;4-6,8-15,18H,7,16-17,30H2,1-3H3,(H,31,34)(H,33,35);1H3,(H,3,4);2*1H4;1H. The van der Waals surface area contributed by atoms with Crippen LogP contribution >= 0.6 is 12.4 Å². The van der Waals surface area contributed by atoms with Gasteiger partial charge in [-0.1, -0.05) is 154 Å². The first-order valence-electron chi connectivity index (χ1n) is 25.4. The fraction of sp³-hybridized carbons (Fsp3) is 0.234. The van der Waals surface area contributed by atoms with E-state index < -0.39 is 17.1 Å². The van der Waals surface area contributed by atoms with Crippen molar-refractivity contribution in [3.63, 3.8) is 0 Å². The van der Waals surface area contributed by atoms with E-state index in [0.717, 1.165) is 117 Å². The molecule has 4 aromatic heterocycles. The lowest BCUT2D eigenvalue weighted by Crippen LogP contribution is -2.52. The van der Waals surface area contributed by atoms with Gasteiger partial charge in [0, 0.05) is 40.3 Å². The number of carboxylic acids is 1. The van der Waals surface area contributed by atoms with Crippen molar-refractivity contribution in [2.75, 3.05) is 5.43 Å². The third kappa shape index (κ3) is 13.4. The molecule has 2 aliphatic carbocycles. The highest BCUT2D eigenvalue weighted by molar-refractivity contribution is 6.03. The molecule has 2 aliphatic rings. The topological polar surface area (TPSA) is 231 Å². The van der Waals surface area contributed by atoms with E-state index in [1.807, 2.05) is 106 Å². The number of carbonyl (C=O) groups is 2. The second kappa shape index (κ2) is 25.3. The summed E-state index contributed by atoms with van der Waals surface area (Å²) >= 11 is 0. The van der Waals surface area contributed by atoms with E-state index in [1.165, 1.54) is 12.0 Å². The zero-order valence-corrected chi connectivity index (χ0v) is 44.3. The van der Waals surface area contributed by atoms with Crippen LogP contribution in [-0.2, 0) is 20.6 Å². The van der Waals surface area contributed by atoms with Crippen LogP contribution < -0.4 is 27.8 Å². The summed E-state index contributed by atoms with van der Waals surface area (Å²) in [6.45, 7) is 6.70. The summed E-state index contributed by atoms with van der Waals surface area (Å²) in [6.07, 6.45) is 5.69. The van der Waals surface area contributed by atoms with E-state index in [4.69, 9.17) is 47.0 Å². The Morgan fingerprint density at radius 1 is 0.633 bits per heavy atom. The molecule has 2 saturated carbocycles.